The molecule has 1 heterocycles. The fourth-order valence-electron chi connectivity index (χ4n) is 2.66. The number of rotatable bonds is 6. The molecule has 1 fully saturated rings. The number of aryl methyl sites for hydroxylation is 1. The lowest BCUT2D eigenvalue weighted by Gasteiger charge is -2.14. The highest BCUT2D eigenvalue weighted by molar-refractivity contribution is 5.95. The number of aromatic nitrogens is 1. The van der Waals surface area contributed by atoms with Gasteiger partial charge >= 0.3 is 0 Å². The average Bonchev–Trinajstić information content (AvgIpc) is 3.15. The number of carbonyl (C=O) groups is 1. The standard InChI is InChI=1S/C16H26N2O2/c1-10(2)15(19)7-8-17-16(20)14-9-11(3)18(12(14)4)13-5-6-13/h9-10,13,15,19H,5-8H2,1-4H3,(H,17,20). The van der Waals surface area contributed by atoms with Crippen molar-refractivity contribution < 1.29 is 9.90 Å². The Hall–Kier alpha value is -1.29. The number of carbonyl (C=O) groups excluding carboxylic acids is 1. The van der Waals surface area contributed by atoms with Gasteiger partial charge in [-0.25, -0.2) is 0 Å². The molecule has 1 saturated carbocycles. The van der Waals surface area contributed by atoms with Crippen molar-refractivity contribution >= 4 is 5.91 Å². The Morgan fingerprint density at radius 1 is 1.45 bits per heavy atom. The Balaban J connectivity index is 1.94. The van der Waals surface area contributed by atoms with Gasteiger partial charge < -0.3 is 15.0 Å². The second kappa shape index (κ2) is 6.00. The highest BCUT2D eigenvalue weighted by atomic mass is 16.3. The molecule has 1 unspecified atom stereocenters. The molecule has 1 amide bonds. The number of hydrogen-bond acceptors (Lipinski definition) is 2. The van der Waals surface area contributed by atoms with Crippen LogP contribution in [0, 0.1) is 19.8 Å². The molecule has 2 N–H and O–H groups in total. The van der Waals surface area contributed by atoms with Crippen LogP contribution in [-0.4, -0.2) is 28.2 Å². The Labute approximate surface area is 121 Å². The average molecular weight is 278 g/mol. The van der Waals surface area contributed by atoms with E-state index in [2.05, 4.69) is 16.8 Å². The van der Waals surface area contributed by atoms with Crippen LogP contribution < -0.4 is 5.32 Å². The molecule has 1 aromatic rings. The highest BCUT2D eigenvalue weighted by Crippen LogP contribution is 2.38. The van der Waals surface area contributed by atoms with Crippen LogP contribution in [-0.2, 0) is 0 Å². The molecule has 0 radical (unpaired) electrons. The highest BCUT2D eigenvalue weighted by Gasteiger charge is 2.28. The van der Waals surface area contributed by atoms with Gasteiger partial charge in [-0.05, 0) is 45.1 Å². The van der Waals surface area contributed by atoms with Crippen molar-refractivity contribution in [2.24, 2.45) is 5.92 Å². The Morgan fingerprint density at radius 3 is 2.65 bits per heavy atom. The van der Waals surface area contributed by atoms with Gasteiger partial charge in [-0.3, -0.25) is 4.79 Å². The first-order chi connectivity index (χ1) is 9.41. The predicted molar refractivity (Wildman–Crippen MR) is 80.0 cm³/mol. The van der Waals surface area contributed by atoms with Crippen molar-refractivity contribution in [3.8, 4) is 0 Å². The van der Waals surface area contributed by atoms with Crippen LogP contribution >= 0.6 is 0 Å². The van der Waals surface area contributed by atoms with Crippen LogP contribution in [0.5, 0.6) is 0 Å². The van der Waals surface area contributed by atoms with Crippen LogP contribution in [0.4, 0.5) is 0 Å². The molecule has 1 aromatic heterocycles. The third-order valence-corrected chi connectivity index (χ3v) is 4.14. The molecule has 0 saturated heterocycles. The topological polar surface area (TPSA) is 54.3 Å². The molecule has 0 aromatic carbocycles. The SMILES string of the molecule is Cc1cc(C(=O)NCCC(O)C(C)C)c(C)n1C1CC1. The van der Waals surface area contributed by atoms with E-state index in [0.29, 0.717) is 19.0 Å². The Morgan fingerprint density at radius 2 is 2.10 bits per heavy atom. The third-order valence-electron chi connectivity index (χ3n) is 4.14. The lowest BCUT2D eigenvalue weighted by atomic mass is 10.0. The first kappa shape index (κ1) is 15.1. The molecule has 1 aliphatic carbocycles. The first-order valence-corrected chi connectivity index (χ1v) is 7.56. The zero-order chi connectivity index (χ0) is 14.9. The lowest BCUT2D eigenvalue weighted by molar-refractivity contribution is 0.0919. The van der Waals surface area contributed by atoms with Gasteiger partial charge in [-0.15, -0.1) is 0 Å². The molecule has 4 heteroatoms. The van der Waals surface area contributed by atoms with Gasteiger partial charge in [0.1, 0.15) is 0 Å². The van der Waals surface area contributed by atoms with Crippen molar-refractivity contribution in [3.05, 3.63) is 23.0 Å². The summed E-state index contributed by atoms with van der Waals surface area (Å²) >= 11 is 0. The number of amides is 1. The number of aliphatic hydroxyl groups excluding tert-OH is 1. The maximum absolute atomic E-state index is 12.2. The summed E-state index contributed by atoms with van der Waals surface area (Å²) in [6.07, 6.45) is 2.69. The lowest BCUT2D eigenvalue weighted by Crippen LogP contribution is -2.29. The molecular weight excluding hydrogens is 252 g/mol. The molecule has 0 spiro atoms. The van der Waals surface area contributed by atoms with Gasteiger partial charge in [0.15, 0.2) is 0 Å². The van der Waals surface area contributed by atoms with E-state index < -0.39 is 0 Å². The second-order valence-corrected chi connectivity index (χ2v) is 6.24. The summed E-state index contributed by atoms with van der Waals surface area (Å²) in [4.78, 5) is 12.2. The summed E-state index contributed by atoms with van der Waals surface area (Å²) in [5.41, 5.74) is 3.00. The summed E-state index contributed by atoms with van der Waals surface area (Å²) in [7, 11) is 0. The summed E-state index contributed by atoms with van der Waals surface area (Å²) < 4.78 is 2.28. The van der Waals surface area contributed by atoms with Crippen molar-refractivity contribution in [2.45, 2.75) is 59.1 Å². The molecule has 2 rings (SSSR count). The van der Waals surface area contributed by atoms with Crippen LogP contribution in [0.15, 0.2) is 6.07 Å². The van der Waals surface area contributed by atoms with Gasteiger partial charge in [-0.1, -0.05) is 13.8 Å². The summed E-state index contributed by atoms with van der Waals surface area (Å²) in [5, 5.41) is 12.7. The van der Waals surface area contributed by atoms with Crippen LogP contribution in [0.3, 0.4) is 0 Å². The largest absolute Gasteiger partial charge is 0.393 e. The molecule has 20 heavy (non-hydrogen) atoms. The zero-order valence-electron chi connectivity index (χ0n) is 12.9. The van der Waals surface area contributed by atoms with Crippen molar-refractivity contribution in [2.75, 3.05) is 6.54 Å². The smallest absolute Gasteiger partial charge is 0.253 e. The van der Waals surface area contributed by atoms with Crippen LogP contribution in [0.2, 0.25) is 0 Å². The van der Waals surface area contributed by atoms with Gasteiger partial charge in [0.25, 0.3) is 5.91 Å². The van der Waals surface area contributed by atoms with Crippen molar-refractivity contribution in [1.29, 1.82) is 0 Å². The number of nitrogens with one attached hydrogen (secondary N) is 1. The van der Waals surface area contributed by atoms with Gasteiger partial charge in [0, 0.05) is 24.0 Å². The van der Waals surface area contributed by atoms with E-state index in [9.17, 15) is 9.90 Å². The second-order valence-electron chi connectivity index (χ2n) is 6.24. The zero-order valence-corrected chi connectivity index (χ0v) is 12.9. The Kier molecular flexibility index (Phi) is 4.53. The molecule has 112 valence electrons. The number of hydrogen-bond donors (Lipinski definition) is 2. The van der Waals surface area contributed by atoms with Crippen molar-refractivity contribution in [1.82, 2.24) is 9.88 Å². The molecule has 0 bridgehead atoms. The van der Waals surface area contributed by atoms with Gasteiger partial charge in [0.2, 0.25) is 0 Å². The van der Waals surface area contributed by atoms with E-state index in [1.807, 2.05) is 26.8 Å². The third kappa shape index (κ3) is 3.23. The predicted octanol–water partition coefficient (Wildman–Crippen LogP) is 2.58. The summed E-state index contributed by atoms with van der Waals surface area (Å²) in [6.45, 7) is 8.56. The minimum Gasteiger partial charge on any atom is -0.393 e. The Bertz CT molecular complexity index is 487. The maximum Gasteiger partial charge on any atom is 0.253 e. The summed E-state index contributed by atoms with van der Waals surface area (Å²) in [6, 6.07) is 2.57. The molecule has 0 aliphatic heterocycles. The normalized spacial score (nSPS) is 16.5. The van der Waals surface area contributed by atoms with E-state index in [0.717, 1.165) is 17.0 Å². The quantitative estimate of drug-likeness (QED) is 0.840. The molecule has 1 atom stereocenters. The van der Waals surface area contributed by atoms with Gasteiger partial charge in [-0.2, -0.15) is 0 Å². The fraction of sp³-hybridized carbons (Fsp3) is 0.688. The minimum atomic E-state index is -0.353. The molecule has 4 nitrogen and oxygen atoms in total. The maximum atomic E-state index is 12.2. The molecule has 1 aliphatic rings. The number of aliphatic hydroxyl groups is 1. The van der Waals surface area contributed by atoms with Crippen LogP contribution in [0.1, 0.15) is 60.9 Å². The van der Waals surface area contributed by atoms with Crippen LogP contribution in [0.25, 0.3) is 0 Å². The fourth-order valence-corrected chi connectivity index (χ4v) is 2.66. The van der Waals surface area contributed by atoms with E-state index in [-0.39, 0.29) is 17.9 Å². The van der Waals surface area contributed by atoms with Gasteiger partial charge in [0.05, 0.1) is 11.7 Å². The van der Waals surface area contributed by atoms with E-state index >= 15 is 0 Å². The monoisotopic (exact) mass is 278 g/mol. The number of nitrogens with zero attached hydrogens (tertiary/aromatic N) is 1. The summed E-state index contributed by atoms with van der Waals surface area (Å²) in [5.74, 6) is 0.202. The van der Waals surface area contributed by atoms with E-state index in [1.165, 1.54) is 12.8 Å². The first-order valence-electron chi connectivity index (χ1n) is 7.56. The molecular formula is C16H26N2O2. The van der Waals surface area contributed by atoms with E-state index in [1.54, 1.807) is 0 Å². The minimum absolute atomic E-state index is 0.0269. The van der Waals surface area contributed by atoms with E-state index in [4.69, 9.17) is 0 Å². The van der Waals surface area contributed by atoms with Crippen molar-refractivity contribution in [3.63, 3.8) is 0 Å².